The molecule has 0 saturated carbocycles. The minimum atomic E-state index is -0.340. The Hall–Kier alpha value is -1.62. The van der Waals surface area contributed by atoms with E-state index in [9.17, 15) is 4.79 Å². The zero-order valence-electron chi connectivity index (χ0n) is 11.6. The molecule has 110 valence electrons. The molecule has 5 nitrogen and oxygen atoms in total. The largest absolute Gasteiger partial charge is 0.492 e. The van der Waals surface area contributed by atoms with Crippen LogP contribution < -0.4 is 15.8 Å². The first-order valence-electron chi connectivity index (χ1n) is 6.83. The Kier molecular flexibility index (Phi) is 4.95. The third kappa shape index (κ3) is 3.70. The zero-order valence-corrected chi connectivity index (χ0v) is 12.3. The third-order valence-corrected chi connectivity index (χ3v) is 3.70. The number of nitrogens with two attached hydrogens (primary N) is 1. The van der Waals surface area contributed by atoms with Crippen LogP contribution in [0.2, 0.25) is 5.02 Å². The van der Waals surface area contributed by atoms with Crippen molar-refractivity contribution >= 4 is 23.3 Å². The summed E-state index contributed by atoms with van der Waals surface area (Å²) in [5.74, 6) is 0.697. The second-order valence-corrected chi connectivity index (χ2v) is 5.23. The van der Waals surface area contributed by atoms with E-state index in [1.54, 1.807) is 4.90 Å². The molecule has 1 fully saturated rings. The van der Waals surface area contributed by atoms with Gasteiger partial charge in [-0.3, -0.25) is 0 Å². The van der Waals surface area contributed by atoms with Crippen LogP contribution in [0.25, 0.3) is 0 Å². The smallest absolute Gasteiger partial charge is 0.314 e. The van der Waals surface area contributed by atoms with Gasteiger partial charge in [0.15, 0.2) is 0 Å². The highest BCUT2D eigenvalue weighted by molar-refractivity contribution is 6.32. The predicted molar refractivity (Wildman–Crippen MR) is 80.4 cm³/mol. The molecule has 0 spiro atoms. The first kappa shape index (κ1) is 14.8. The van der Waals surface area contributed by atoms with Gasteiger partial charge in [0.1, 0.15) is 5.75 Å². The van der Waals surface area contributed by atoms with Crippen LogP contribution in [0.3, 0.4) is 0 Å². The maximum atomic E-state index is 11.1. The van der Waals surface area contributed by atoms with Gasteiger partial charge in [-0.15, -0.1) is 0 Å². The lowest BCUT2D eigenvalue weighted by atomic mass is 10.0. The molecular formula is C14H20ClN3O2. The number of primary amides is 1. The molecule has 1 aliphatic rings. The lowest BCUT2D eigenvalue weighted by Gasteiger charge is -2.31. The fraction of sp³-hybridized carbons (Fsp3) is 0.500. The first-order chi connectivity index (χ1) is 9.60. The summed E-state index contributed by atoms with van der Waals surface area (Å²) in [6.45, 7) is 3.91. The molecule has 2 amide bonds. The first-order valence-corrected chi connectivity index (χ1v) is 7.21. The van der Waals surface area contributed by atoms with Gasteiger partial charge >= 0.3 is 6.03 Å². The molecular weight excluding hydrogens is 278 g/mol. The topological polar surface area (TPSA) is 67.6 Å². The second-order valence-electron chi connectivity index (χ2n) is 4.82. The van der Waals surface area contributed by atoms with E-state index in [4.69, 9.17) is 22.1 Å². The Bertz CT molecular complexity index is 473. The lowest BCUT2D eigenvalue weighted by Crippen LogP contribution is -2.44. The number of carbonyl (C=O) groups is 1. The minimum Gasteiger partial charge on any atom is -0.492 e. The molecule has 0 aliphatic carbocycles. The van der Waals surface area contributed by atoms with E-state index >= 15 is 0 Å². The summed E-state index contributed by atoms with van der Waals surface area (Å²) < 4.78 is 5.40. The molecule has 0 aromatic heterocycles. The number of carbonyl (C=O) groups excluding carboxylic acids is 1. The molecule has 1 saturated heterocycles. The van der Waals surface area contributed by atoms with Crippen molar-refractivity contribution in [3.63, 3.8) is 0 Å². The van der Waals surface area contributed by atoms with Crippen molar-refractivity contribution in [2.24, 2.45) is 5.73 Å². The highest BCUT2D eigenvalue weighted by Gasteiger charge is 2.21. The Balaban J connectivity index is 1.91. The van der Waals surface area contributed by atoms with Crippen LogP contribution in [0, 0.1) is 0 Å². The number of piperidine rings is 1. The summed E-state index contributed by atoms with van der Waals surface area (Å²) in [4.78, 5) is 12.7. The van der Waals surface area contributed by atoms with Crippen molar-refractivity contribution in [1.82, 2.24) is 4.90 Å². The molecule has 3 N–H and O–H groups in total. The van der Waals surface area contributed by atoms with Crippen LogP contribution >= 0.6 is 11.6 Å². The number of nitrogens with zero attached hydrogens (tertiary/aromatic N) is 1. The number of amides is 2. The van der Waals surface area contributed by atoms with E-state index in [-0.39, 0.29) is 6.03 Å². The molecule has 1 heterocycles. The van der Waals surface area contributed by atoms with E-state index in [1.807, 2.05) is 25.1 Å². The molecule has 0 atom stereocenters. The molecule has 1 aliphatic heterocycles. The van der Waals surface area contributed by atoms with Gasteiger partial charge in [-0.1, -0.05) is 11.6 Å². The average Bonchev–Trinajstić information content (AvgIpc) is 2.42. The van der Waals surface area contributed by atoms with Crippen LogP contribution in [-0.2, 0) is 0 Å². The van der Waals surface area contributed by atoms with Crippen LogP contribution in [0.15, 0.2) is 18.2 Å². The van der Waals surface area contributed by atoms with E-state index in [0.717, 1.165) is 18.5 Å². The highest BCUT2D eigenvalue weighted by Crippen LogP contribution is 2.28. The van der Waals surface area contributed by atoms with Crippen LogP contribution in [0.1, 0.15) is 19.8 Å². The second kappa shape index (κ2) is 6.70. The van der Waals surface area contributed by atoms with Crippen molar-refractivity contribution in [2.75, 3.05) is 25.0 Å². The molecule has 1 aromatic rings. The molecule has 0 radical (unpaired) electrons. The van der Waals surface area contributed by atoms with Gasteiger partial charge in [-0.05, 0) is 38.0 Å². The summed E-state index contributed by atoms with van der Waals surface area (Å²) >= 11 is 6.16. The number of benzene rings is 1. The Morgan fingerprint density at radius 1 is 1.50 bits per heavy atom. The van der Waals surface area contributed by atoms with E-state index in [2.05, 4.69) is 5.32 Å². The lowest BCUT2D eigenvalue weighted by molar-refractivity contribution is 0.193. The van der Waals surface area contributed by atoms with Gasteiger partial charge in [0.25, 0.3) is 0 Å². The third-order valence-electron chi connectivity index (χ3n) is 3.41. The Morgan fingerprint density at radius 3 is 2.75 bits per heavy atom. The molecule has 20 heavy (non-hydrogen) atoms. The SMILES string of the molecule is CCOc1ccc(NC2CCN(C(N)=O)CC2)cc1Cl. The normalized spacial score (nSPS) is 16.0. The minimum absolute atomic E-state index is 0.333. The van der Waals surface area contributed by atoms with Gasteiger partial charge in [0, 0.05) is 24.8 Å². The van der Waals surface area contributed by atoms with Gasteiger partial charge < -0.3 is 20.7 Å². The average molecular weight is 298 g/mol. The number of hydrogen-bond acceptors (Lipinski definition) is 3. The summed E-state index contributed by atoms with van der Waals surface area (Å²) in [5.41, 5.74) is 6.23. The van der Waals surface area contributed by atoms with E-state index in [0.29, 0.717) is 36.5 Å². The number of hydrogen-bond donors (Lipinski definition) is 2. The Morgan fingerprint density at radius 2 is 2.20 bits per heavy atom. The van der Waals surface area contributed by atoms with Gasteiger partial charge in [0.05, 0.1) is 11.6 Å². The zero-order chi connectivity index (χ0) is 14.5. The van der Waals surface area contributed by atoms with Gasteiger partial charge in [-0.25, -0.2) is 4.79 Å². The fourth-order valence-corrected chi connectivity index (χ4v) is 2.58. The summed E-state index contributed by atoms with van der Waals surface area (Å²) in [5, 5.41) is 4.03. The maximum absolute atomic E-state index is 11.1. The number of likely N-dealkylation sites (tertiary alicyclic amines) is 1. The highest BCUT2D eigenvalue weighted by atomic mass is 35.5. The Labute approximate surface area is 124 Å². The molecule has 6 heteroatoms. The molecule has 2 rings (SSSR count). The van der Waals surface area contributed by atoms with Crippen LogP contribution in [-0.4, -0.2) is 36.7 Å². The van der Waals surface area contributed by atoms with Crippen LogP contribution in [0.4, 0.5) is 10.5 Å². The number of ether oxygens (including phenoxy) is 1. The van der Waals surface area contributed by atoms with Crippen molar-refractivity contribution in [3.8, 4) is 5.75 Å². The standard InChI is InChI=1S/C14H20ClN3O2/c1-2-20-13-4-3-11(9-12(13)15)17-10-5-7-18(8-6-10)14(16)19/h3-4,9-10,17H,2,5-8H2,1H3,(H2,16,19). The van der Waals surface area contributed by atoms with Crippen molar-refractivity contribution < 1.29 is 9.53 Å². The molecule has 0 unspecified atom stereocenters. The number of urea groups is 1. The fourth-order valence-electron chi connectivity index (χ4n) is 2.34. The van der Waals surface area contributed by atoms with Crippen molar-refractivity contribution in [2.45, 2.75) is 25.8 Å². The summed E-state index contributed by atoms with van der Waals surface area (Å²) in [7, 11) is 0. The maximum Gasteiger partial charge on any atom is 0.314 e. The quantitative estimate of drug-likeness (QED) is 0.898. The summed E-state index contributed by atoms with van der Waals surface area (Å²) in [6.07, 6.45) is 1.77. The van der Waals surface area contributed by atoms with Crippen molar-refractivity contribution in [1.29, 1.82) is 0 Å². The van der Waals surface area contributed by atoms with Gasteiger partial charge in [-0.2, -0.15) is 0 Å². The number of halogens is 1. The van der Waals surface area contributed by atoms with E-state index in [1.165, 1.54) is 0 Å². The molecule has 1 aromatic carbocycles. The van der Waals surface area contributed by atoms with Crippen molar-refractivity contribution in [3.05, 3.63) is 23.2 Å². The predicted octanol–water partition coefficient (Wildman–Crippen LogP) is 2.69. The number of rotatable bonds is 4. The van der Waals surface area contributed by atoms with Crippen LogP contribution in [0.5, 0.6) is 5.75 Å². The monoisotopic (exact) mass is 297 g/mol. The number of nitrogens with one attached hydrogen (secondary N) is 1. The van der Waals surface area contributed by atoms with E-state index < -0.39 is 0 Å². The van der Waals surface area contributed by atoms with Gasteiger partial charge in [0.2, 0.25) is 0 Å². The number of anilines is 1. The summed E-state index contributed by atoms with van der Waals surface area (Å²) in [6, 6.07) is 5.68. The molecule has 0 bridgehead atoms.